The maximum absolute atomic E-state index is 12.9. The molecule has 2 heterocycles. The molecule has 1 aliphatic heterocycles. The second-order valence-electron chi connectivity index (χ2n) is 4.49. The zero-order valence-electron chi connectivity index (χ0n) is 10.7. The Hall–Kier alpha value is -2.50. The van der Waals surface area contributed by atoms with Crippen LogP contribution in [0.3, 0.4) is 0 Å². The van der Waals surface area contributed by atoms with Gasteiger partial charge in [-0.05, 0) is 6.07 Å². The number of nitriles is 1. The topological polar surface area (TPSA) is 92.2 Å². The van der Waals surface area contributed by atoms with E-state index in [1.54, 1.807) is 4.90 Å². The number of nitrogens with two attached hydrogens (primary N) is 1. The molecule has 2 rings (SSSR count). The van der Waals surface area contributed by atoms with Gasteiger partial charge in [0.15, 0.2) is 5.69 Å². The number of pyridine rings is 1. The number of ether oxygens (including phenoxy) is 1. The zero-order chi connectivity index (χ0) is 15.6. The van der Waals surface area contributed by atoms with Gasteiger partial charge in [0.25, 0.3) is 0 Å². The van der Waals surface area contributed by atoms with Gasteiger partial charge in [-0.1, -0.05) is 0 Å². The maximum Gasteiger partial charge on any atom is 0.419 e. The molecule has 9 heteroatoms. The quantitative estimate of drug-likeness (QED) is 0.896. The lowest BCUT2D eigenvalue weighted by atomic mass is 10.1. The molecule has 1 atom stereocenters. The second-order valence-corrected chi connectivity index (χ2v) is 4.49. The number of amides is 1. The van der Waals surface area contributed by atoms with Gasteiger partial charge in [0.2, 0.25) is 0 Å². The predicted octanol–water partition coefficient (Wildman–Crippen LogP) is 1.65. The smallest absolute Gasteiger partial charge is 0.419 e. The average molecular weight is 300 g/mol. The Morgan fingerprint density at radius 2 is 2.29 bits per heavy atom. The predicted molar refractivity (Wildman–Crippen MR) is 65.2 cm³/mol. The van der Waals surface area contributed by atoms with E-state index in [0.29, 0.717) is 13.0 Å². The summed E-state index contributed by atoms with van der Waals surface area (Å²) in [6.45, 7) is 0.636. The third kappa shape index (κ3) is 3.34. The molecule has 1 amide bonds. The number of carbonyl (C=O) groups excluding carboxylic acids is 1. The van der Waals surface area contributed by atoms with Gasteiger partial charge in [-0.25, -0.2) is 9.78 Å². The molecule has 1 aromatic rings. The highest BCUT2D eigenvalue weighted by atomic mass is 19.4. The summed E-state index contributed by atoms with van der Waals surface area (Å²) in [6.07, 6.45) is -4.38. The minimum atomic E-state index is -4.66. The third-order valence-electron chi connectivity index (χ3n) is 3.08. The molecule has 1 saturated heterocycles. The number of carbonyl (C=O) groups is 1. The van der Waals surface area contributed by atoms with Crippen LogP contribution >= 0.6 is 0 Å². The van der Waals surface area contributed by atoms with E-state index in [1.165, 1.54) is 12.3 Å². The van der Waals surface area contributed by atoms with Crippen molar-refractivity contribution in [2.75, 3.05) is 18.0 Å². The van der Waals surface area contributed by atoms with Crippen LogP contribution in [0.4, 0.5) is 23.7 Å². The molecule has 0 unspecified atom stereocenters. The Morgan fingerprint density at radius 1 is 1.57 bits per heavy atom. The first kappa shape index (κ1) is 14.9. The van der Waals surface area contributed by atoms with Crippen LogP contribution in [-0.4, -0.2) is 30.3 Å². The molecule has 0 spiro atoms. The molecule has 1 aliphatic rings. The third-order valence-corrected chi connectivity index (χ3v) is 3.08. The summed E-state index contributed by atoms with van der Waals surface area (Å²) < 4.78 is 43.4. The minimum Gasteiger partial charge on any atom is -0.444 e. The number of anilines is 1. The van der Waals surface area contributed by atoms with Gasteiger partial charge in [-0.3, -0.25) is 0 Å². The molecule has 2 N–H and O–H groups in total. The number of aromatic nitrogens is 1. The maximum atomic E-state index is 12.9. The number of primary amides is 1. The van der Waals surface area contributed by atoms with Crippen LogP contribution in [0.5, 0.6) is 0 Å². The molecule has 6 nitrogen and oxygen atoms in total. The van der Waals surface area contributed by atoms with Gasteiger partial charge in [-0.15, -0.1) is 0 Å². The molecule has 0 saturated carbocycles. The van der Waals surface area contributed by atoms with E-state index >= 15 is 0 Å². The number of rotatable bonds is 2. The van der Waals surface area contributed by atoms with Crippen molar-refractivity contribution in [3.05, 3.63) is 23.5 Å². The summed E-state index contributed by atoms with van der Waals surface area (Å²) >= 11 is 0. The van der Waals surface area contributed by atoms with Gasteiger partial charge in [0.05, 0.1) is 24.0 Å². The van der Waals surface area contributed by atoms with E-state index in [-0.39, 0.29) is 12.2 Å². The van der Waals surface area contributed by atoms with Gasteiger partial charge >= 0.3 is 12.3 Å². The van der Waals surface area contributed by atoms with Gasteiger partial charge in [-0.2, -0.15) is 18.4 Å². The van der Waals surface area contributed by atoms with Crippen molar-refractivity contribution in [1.82, 2.24) is 4.98 Å². The molecule has 112 valence electrons. The molecular weight excluding hydrogens is 289 g/mol. The Morgan fingerprint density at radius 3 is 2.86 bits per heavy atom. The number of hydrogen-bond acceptors (Lipinski definition) is 5. The fourth-order valence-electron chi connectivity index (χ4n) is 2.16. The van der Waals surface area contributed by atoms with Crippen LogP contribution in [0.15, 0.2) is 12.3 Å². The minimum absolute atomic E-state index is 0.219. The van der Waals surface area contributed by atoms with E-state index < -0.39 is 29.6 Å². The zero-order valence-corrected chi connectivity index (χ0v) is 10.7. The number of nitrogens with zero attached hydrogens (tertiary/aromatic N) is 3. The number of hydrogen-bond donors (Lipinski definition) is 1. The monoisotopic (exact) mass is 300 g/mol. The lowest BCUT2D eigenvalue weighted by Gasteiger charge is -2.19. The van der Waals surface area contributed by atoms with Crippen molar-refractivity contribution in [2.45, 2.75) is 18.7 Å². The Balaban J connectivity index is 2.23. The molecule has 21 heavy (non-hydrogen) atoms. The first-order valence-electron chi connectivity index (χ1n) is 5.99. The van der Waals surface area contributed by atoms with Crippen molar-refractivity contribution < 1.29 is 22.7 Å². The van der Waals surface area contributed by atoms with Crippen LogP contribution in [0.1, 0.15) is 17.7 Å². The van der Waals surface area contributed by atoms with Crippen LogP contribution < -0.4 is 10.6 Å². The van der Waals surface area contributed by atoms with Crippen LogP contribution in [0.25, 0.3) is 0 Å². The van der Waals surface area contributed by atoms with Crippen LogP contribution in [0.2, 0.25) is 0 Å². The Bertz CT molecular complexity index is 597. The Kier molecular flexibility index (Phi) is 3.88. The molecule has 0 bridgehead atoms. The molecule has 1 fully saturated rings. The normalized spacial score (nSPS) is 18.4. The van der Waals surface area contributed by atoms with Crippen molar-refractivity contribution in [2.24, 2.45) is 5.73 Å². The lowest BCUT2D eigenvalue weighted by Crippen LogP contribution is -2.27. The summed E-state index contributed by atoms with van der Waals surface area (Å²) in [5.41, 5.74) is 3.37. The van der Waals surface area contributed by atoms with E-state index in [1.807, 2.05) is 0 Å². The lowest BCUT2D eigenvalue weighted by molar-refractivity contribution is -0.138. The van der Waals surface area contributed by atoms with Gasteiger partial charge < -0.3 is 15.4 Å². The summed E-state index contributed by atoms with van der Waals surface area (Å²) in [5.74, 6) is 0. The Labute approximate surface area is 117 Å². The van der Waals surface area contributed by atoms with Gasteiger partial charge in [0, 0.05) is 13.0 Å². The second kappa shape index (κ2) is 5.47. The number of halogens is 3. The van der Waals surface area contributed by atoms with E-state index in [0.717, 1.165) is 6.07 Å². The molecule has 0 aliphatic carbocycles. The first-order chi connectivity index (χ1) is 9.81. The average Bonchev–Trinajstić information content (AvgIpc) is 2.84. The van der Waals surface area contributed by atoms with E-state index in [9.17, 15) is 18.0 Å². The van der Waals surface area contributed by atoms with Gasteiger partial charge in [0.1, 0.15) is 12.2 Å². The molecule has 0 radical (unpaired) electrons. The SMILES string of the molecule is N#Cc1ncc(N2CC[C@@H](OC(N)=O)C2)cc1C(F)(F)F. The van der Waals surface area contributed by atoms with Crippen LogP contribution in [-0.2, 0) is 10.9 Å². The summed E-state index contributed by atoms with van der Waals surface area (Å²) in [4.78, 5) is 15.8. The fraction of sp³-hybridized carbons (Fsp3) is 0.417. The largest absolute Gasteiger partial charge is 0.444 e. The van der Waals surface area contributed by atoms with E-state index in [2.05, 4.69) is 4.98 Å². The first-order valence-corrected chi connectivity index (χ1v) is 5.99. The summed E-state index contributed by atoms with van der Waals surface area (Å²) in [6, 6.07) is 2.29. The standard InChI is InChI=1S/C12H11F3N4O2/c13-12(14,15)9-3-7(5-18-10(9)4-16)19-2-1-8(6-19)21-11(17)20/h3,5,8H,1-2,6H2,(H2,17,20)/t8-/m1/s1. The molecular formula is C12H11F3N4O2. The van der Waals surface area contributed by atoms with Crippen LogP contribution in [0, 0.1) is 11.3 Å². The van der Waals surface area contributed by atoms with Crippen molar-refractivity contribution >= 4 is 11.8 Å². The highest BCUT2D eigenvalue weighted by Crippen LogP contribution is 2.34. The highest BCUT2D eigenvalue weighted by molar-refractivity contribution is 5.65. The molecule has 0 aromatic carbocycles. The summed E-state index contributed by atoms with van der Waals surface area (Å²) in [5, 5.41) is 8.68. The summed E-state index contributed by atoms with van der Waals surface area (Å²) in [7, 11) is 0. The van der Waals surface area contributed by atoms with Crippen molar-refractivity contribution in [3.8, 4) is 6.07 Å². The number of alkyl halides is 3. The van der Waals surface area contributed by atoms with Crippen molar-refractivity contribution in [1.29, 1.82) is 5.26 Å². The van der Waals surface area contributed by atoms with Crippen molar-refractivity contribution in [3.63, 3.8) is 0 Å². The molecule has 1 aromatic heterocycles. The van der Waals surface area contributed by atoms with E-state index in [4.69, 9.17) is 15.7 Å². The fourth-order valence-corrected chi connectivity index (χ4v) is 2.16. The highest BCUT2D eigenvalue weighted by Gasteiger charge is 2.36.